The van der Waals surface area contributed by atoms with E-state index < -0.39 is 11.9 Å². The van der Waals surface area contributed by atoms with Gasteiger partial charge in [-0.3, -0.25) is 10.1 Å². The zero-order chi connectivity index (χ0) is 14.4. The van der Waals surface area contributed by atoms with Crippen LogP contribution in [0.25, 0.3) is 0 Å². The summed E-state index contributed by atoms with van der Waals surface area (Å²) in [6.07, 6.45) is 0. The SMILES string of the molecule is C[C@H](NC(=O)NC(=O)c1ccccc1)c1ccccc1. The summed E-state index contributed by atoms with van der Waals surface area (Å²) < 4.78 is 0. The molecular formula is C16H16N2O2. The molecule has 0 aliphatic carbocycles. The number of carbonyl (C=O) groups excluding carboxylic acids is 2. The van der Waals surface area contributed by atoms with Gasteiger partial charge >= 0.3 is 6.03 Å². The van der Waals surface area contributed by atoms with Gasteiger partial charge < -0.3 is 5.32 Å². The highest BCUT2D eigenvalue weighted by molar-refractivity contribution is 6.04. The van der Waals surface area contributed by atoms with Crippen LogP contribution < -0.4 is 10.6 Å². The lowest BCUT2D eigenvalue weighted by molar-refractivity contribution is 0.0963. The lowest BCUT2D eigenvalue weighted by Crippen LogP contribution is -2.40. The average Bonchev–Trinajstić information content (AvgIpc) is 2.49. The van der Waals surface area contributed by atoms with Gasteiger partial charge in [0.05, 0.1) is 6.04 Å². The molecular weight excluding hydrogens is 252 g/mol. The molecule has 1 atom stereocenters. The first kappa shape index (κ1) is 13.8. The summed E-state index contributed by atoms with van der Waals surface area (Å²) in [5.74, 6) is -0.414. The van der Waals surface area contributed by atoms with Crippen molar-refractivity contribution in [3.05, 3.63) is 71.8 Å². The summed E-state index contributed by atoms with van der Waals surface area (Å²) in [7, 11) is 0. The first-order valence-electron chi connectivity index (χ1n) is 6.38. The molecule has 0 bridgehead atoms. The first-order valence-corrected chi connectivity index (χ1v) is 6.38. The zero-order valence-electron chi connectivity index (χ0n) is 11.2. The molecule has 0 aliphatic rings. The van der Waals surface area contributed by atoms with Gasteiger partial charge in [-0.2, -0.15) is 0 Å². The molecule has 2 aromatic rings. The van der Waals surface area contributed by atoms with Crippen LogP contribution in [-0.4, -0.2) is 11.9 Å². The third-order valence-corrected chi connectivity index (χ3v) is 2.91. The summed E-state index contributed by atoms with van der Waals surface area (Å²) in [4.78, 5) is 23.6. The molecule has 2 N–H and O–H groups in total. The summed E-state index contributed by atoms with van der Waals surface area (Å²) in [6, 6.07) is 17.5. The van der Waals surface area contributed by atoms with E-state index in [4.69, 9.17) is 0 Å². The number of hydrogen-bond acceptors (Lipinski definition) is 2. The van der Waals surface area contributed by atoms with Gasteiger partial charge in [0.25, 0.3) is 5.91 Å². The molecule has 4 heteroatoms. The molecule has 0 saturated heterocycles. The van der Waals surface area contributed by atoms with Gasteiger partial charge in [0.15, 0.2) is 0 Å². The molecule has 102 valence electrons. The molecule has 0 heterocycles. The zero-order valence-corrected chi connectivity index (χ0v) is 11.2. The molecule has 0 aliphatic heterocycles. The number of benzene rings is 2. The highest BCUT2D eigenvalue weighted by Crippen LogP contribution is 2.10. The van der Waals surface area contributed by atoms with E-state index in [-0.39, 0.29) is 6.04 Å². The summed E-state index contributed by atoms with van der Waals surface area (Å²) in [6.45, 7) is 1.86. The highest BCUT2D eigenvalue weighted by Gasteiger charge is 2.12. The van der Waals surface area contributed by atoms with Crippen LogP contribution in [0, 0.1) is 0 Å². The van der Waals surface area contributed by atoms with Crippen molar-refractivity contribution in [1.82, 2.24) is 10.6 Å². The maximum Gasteiger partial charge on any atom is 0.322 e. The molecule has 0 spiro atoms. The van der Waals surface area contributed by atoms with Gasteiger partial charge in [0.2, 0.25) is 0 Å². The van der Waals surface area contributed by atoms with Crippen LogP contribution in [0.1, 0.15) is 28.9 Å². The Morgan fingerprint density at radius 2 is 1.45 bits per heavy atom. The minimum atomic E-state index is -0.504. The molecule has 3 amide bonds. The largest absolute Gasteiger partial charge is 0.331 e. The minimum Gasteiger partial charge on any atom is -0.331 e. The standard InChI is InChI=1S/C16H16N2O2/c1-12(13-8-4-2-5-9-13)17-16(20)18-15(19)14-10-6-3-7-11-14/h2-12H,1H3,(H2,17,18,19,20)/t12-/m0/s1. The Balaban J connectivity index is 1.91. The van der Waals surface area contributed by atoms with E-state index in [2.05, 4.69) is 10.6 Å². The Bertz CT molecular complexity index is 582. The van der Waals surface area contributed by atoms with Gasteiger partial charge in [0.1, 0.15) is 0 Å². The van der Waals surface area contributed by atoms with Gasteiger partial charge in [-0.15, -0.1) is 0 Å². The Labute approximate surface area is 117 Å². The molecule has 4 nitrogen and oxygen atoms in total. The van der Waals surface area contributed by atoms with Crippen molar-refractivity contribution in [2.45, 2.75) is 13.0 Å². The normalized spacial score (nSPS) is 11.4. The van der Waals surface area contributed by atoms with E-state index in [1.165, 1.54) is 0 Å². The van der Waals surface area contributed by atoms with Crippen LogP contribution >= 0.6 is 0 Å². The second-order valence-electron chi connectivity index (χ2n) is 4.43. The maximum atomic E-state index is 11.8. The molecule has 2 rings (SSSR count). The number of hydrogen-bond donors (Lipinski definition) is 2. The minimum absolute atomic E-state index is 0.167. The van der Waals surface area contributed by atoms with Crippen LogP contribution in [-0.2, 0) is 0 Å². The summed E-state index contributed by atoms with van der Waals surface area (Å²) >= 11 is 0. The Kier molecular flexibility index (Phi) is 4.50. The van der Waals surface area contributed by atoms with Crippen LogP contribution in [0.2, 0.25) is 0 Å². The fourth-order valence-electron chi connectivity index (χ4n) is 1.82. The molecule has 2 aromatic carbocycles. The van der Waals surface area contributed by atoms with Crippen molar-refractivity contribution >= 4 is 11.9 Å². The van der Waals surface area contributed by atoms with Gasteiger partial charge in [-0.05, 0) is 24.6 Å². The second kappa shape index (κ2) is 6.52. The summed E-state index contributed by atoms with van der Waals surface area (Å²) in [5.41, 5.74) is 1.44. The topological polar surface area (TPSA) is 58.2 Å². The van der Waals surface area contributed by atoms with Gasteiger partial charge in [-0.1, -0.05) is 48.5 Å². The van der Waals surface area contributed by atoms with Crippen molar-refractivity contribution in [2.75, 3.05) is 0 Å². The van der Waals surface area contributed by atoms with E-state index in [0.717, 1.165) is 5.56 Å². The van der Waals surface area contributed by atoms with Crippen molar-refractivity contribution < 1.29 is 9.59 Å². The van der Waals surface area contributed by atoms with E-state index >= 15 is 0 Å². The quantitative estimate of drug-likeness (QED) is 0.899. The van der Waals surface area contributed by atoms with Crippen molar-refractivity contribution in [3.63, 3.8) is 0 Å². The number of amides is 3. The number of carbonyl (C=O) groups is 2. The average molecular weight is 268 g/mol. The van der Waals surface area contributed by atoms with Crippen molar-refractivity contribution in [2.24, 2.45) is 0 Å². The predicted molar refractivity (Wildman–Crippen MR) is 77.3 cm³/mol. The predicted octanol–water partition coefficient (Wildman–Crippen LogP) is 2.89. The third kappa shape index (κ3) is 3.68. The lowest BCUT2D eigenvalue weighted by Gasteiger charge is -2.14. The van der Waals surface area contributed by atoms with Crippen LogP contribution in [0.4, 0.5) is 4.79 Å². The smallest absolute Gasteiger partial charge is 0.322 e. The van der Waals surface area contributed by atoms with Crippen molar-refractivity contribution in [3.8, 4) is 0 Å². The van der Waals surface area contributed by atoms with Crippen LogP contribution in [0.15, 0.2) is 60.7 Å². The van der Waals surface area contributed by atoms with E-state index in [1.807, 2.05) is 43.3 Å². The van der Waals surface area contributed by atoms with E-state index in [9.17, 15) is 9.59 Å². The monoisotopic (exact) mass is 268 g/mol. The second-order valence-corrected chi connectivity index (χ2v) is 4.43. The molecule has 0 aromatic heterocycles. The highest BCUT2D eigenvalue weighted by atomic mass is 16.2. The van der Waals surface area contributed by atoms with Crippen LogP contribution in [0.5, 0.6) is 0 Å². The third-order valence-electron chi connectivity index (χ3n) is 2.91. The number of imide groups is 1. The molecule has 20 heavy (non-hydrogen) atoms. The number of nitrogens with one attached hydrogen (secondary N) is 2. The lowest BCUT2D eigenvalue weighted by atomic mass is 10.1. The first-order chi connectivity index (χ1) is 9.66. The molecule has 0 fully saturated rings. The molecule has 0 saturated carbocycles. The Hall–Kier alpha value is -2.62. The fraction of sp³-hybridized carbons (Fsp3) is 0.125. The Morgan fingerprint density at radius 1 is 0.900 bits per heavy atom. The van der Waals surface area contributed by atoms with E-state index in [0.29, 0.717) is 5.56 Å². The maximum absolute atomic E-state index is 11.8. The van der Waals surface area contributed by atoms with E-state index in [1.54, 1.807) is 24.3 Å². The molecule has 0 unspecified atom stereocenters. The fourth-order valence-corrected chi connectivity index (χ4v) is 1.82. The van der Waals surface area contributed by atoms with Crippen molar-refractivity contribution in [1.29, 1.82) is 0 Å². The van der Waals surface area contributed by atoms with Crippen LogP contribution in [0.3, 0.4) is 0 Å². The number of urea groups is 1. The summed E-state index contributed by atoms with van der Waals surface area (Å²) in [5, 5.41) is 5.03. The Morgan fingerprint density at radius 3 is 2.05 bits per heavy atom. The number of rotatable bonds is 3. The molecule has 0 radical (unpaired) electrons. The van der Waals surface area contributed by atoms with Gasteiger partial charge in [0, 0.05) is 5.56 Å². The van der Waals surface area contributed by atoms with Gasteiger partial charge in [-0.25, -0.2) is 4.79 Å².